The molecule has 0 spiro atoms. The number of nitrogens with zero attached hydrogens (tertiary/aromatic N) is 5. The third-order valence-electron chi connectivity index (χ3n) is 6.09. The van der Waals surface area contributed by atoms with Crippen molar-refractivity contribution in [1.29, 1.82) is 5.26 Å². The Balaban J connectivity index is 1.62. The summed E-state index contributed by atoms with van der Waals surface area (Å²) in [6.07, 6.45) is 4.37. The van der Waals surface area contributed by atoms with Crippen LogP contribution in [0, 0.1) is 23.2 Å². The minimum atomic E-state index is -0.688. The number of aromatic nitrogens is 3. The summed E-state index contributed by atoms with van der Waals surface area (Å²) in [7, 11) is 0. The number of carbonyl (C=O) groups excluding carboxylic acids is 2. The average molecular weight is 483 g/mol. The number of nitriles is 1. The fourth-order valence-corrected chi connectivity index (χ4v) is 4.31. The molecule has 5 N–H and O–H groups in total. The van der Waals surface area contributed by atoms with Gasteiger partial charge in [-0.3, -0.25) is 14.5 Å². The Labute approximate surface area is 208 Å². The van der Waals surface area contributed by atoms with Crippen LogP contribution < -0.4 is 16.9 Å². The summed E-state index contributed by atoms with van der Waals surface area (Å²) < 4.78 is 1.29. The van der Waals surface area contributed by atoms with Gasteiger partial charge in [-0.05, 0) is 50.6 Å². The molecule has 182 valence electrons. The van der Waals surface area contributed by atoms with E-state index < -0.39 is 5.91 Å². The normalized spacial score (nSPS) is 15.4. The van der Waals surface area contributed by atoms with Gasteiger partial charge in [0.15, 0.2) is 5.69 Å². The summed E-state index contributed by atoms with van der Waals surface area (Å²) in [5.74, 6) is 12.1. The summed E-state index contributed by atoms with van der Waals surface area (Å²) in [6.45, 7) is 3.25. The van der Waals surface area contributed by atoms with Gasteiger partial charge in [0.25, 0.3) is 11.8 Å². The van der Waals surface area contributed by atoms with Crippen molar-refractivity contribution >= 4 is 17.6 Å². The van der Waals surface area contributed by atoms with E-state index in [1.165, 1.54) is 16.9 Å². The summed E-state index contributed by atoms with van der Waals surface area (Å²) in [6, 6.07) is 11.6. The number of amides is 2. The highest BCUT2D eigenvalue weighted by Gasteiger charge is 2.31. The lowest BCUT2D eigenvalue weighted by molar-refractivity contribution is 0.0990. The molecule has 1 aromatic carbocycles. The smallest absolute Gasteiger partial charge is 0.269 e. The fraction of sp³-hybridized carbons (Fsp3) is 0.269. The van der Waals surface area contributed by atoms with E-state index in [1.807, 2.05) is 6.07 Å². The Morgan fingerprint density at radius 2 is 2.00 bits per heavy atom. The lowest BCUT2D eigenvalue weighted by Gasteiger charge is -2.33. The maximum absolute atomic E-state index is 12.7. The van der Waals surface area contributed by atoms with Crippen molar-refractivity contribution in [2.45, 2.75) is 32.2 Å². The molecule has 1 atom stereocenters. The molecule has 1 unspecified atom stereocenters. The maximum Gasteiger partial charge on any atom is 0.269 e. The van der Waals surface area contributed by atoms with Gasteiger partial charge in [0, 0.05) is 17.3 Å². The molecule has 3 aromatic rings. The number of hydrogen-bond donors (Lipinski definition) is 3. The predicted octanol–water partition coefficient (Wildman–Crippen LogP) is 2.43. The Kier molecular flexibility index (Phi) is 7.28. The van der Waals surface area contributed by atoms with Crippen LogP contribution >= 0.6 is 0 Å². The van der Waals surface area contributed by atoms with E-state index in [9.17, 15) is 9.59 Å². The molecule has 1 fully saturated rings. The zero-order chi connectivity index (χ0) is 25.7. The lowest BCUT2D eigenvalue weighted by Crippen LogP contribution is -2.37. The van der Waals surface area contributed by atoms with Crippen molar-refractivity contribution in [2.24, 2.45) is 5.73 Å². The molecule has 10 nitrogen and oxygen atoms in total. The van der Waals surface area contributed by atoms with E-state index in [4.69, 9.17) is 21.8 Å². The second-order valence-electron chi connectivity index (χ2n) is 8.38. The minimum Gasteiger partial charge on any atom is -0.364 e. The van der Waals surface area contributed by atoms with Gasteiger partial charge in [-0.1, -0.05) is 24.5 Å². The van der Waals surface area contributed by atoms with E-state index in [-0.39, 0.29) is 23.5 Å². The van der Waals surface area contributed by atoms with Crippen molar-refractivity contribution in [2.75, 3.05) is 24.2 Å². The zero-order valence-electron chi connectivity index (χ0n) is 19.9. The highest BCUT2D eigenvalue weighted by Crippen LogP contribution is 2.33. The highest BCUT2D eigenvalue weighted by atomic mass is 16.2. The SMILES string of the molecule is CC#CCN1CCCCC1c1nc(-c2ccc(C(=O)Nc3cc(C#N)ccn3)cc2)c(C(N)=O)n1N. The van der Waals surface area contributed by atoms with Crippen LogP contribution in [0.4, 0.5) is 5.82 Å². The van der Waals surface area contributed by atoms with Crippen LogP contribution in [0.5, 0.6) is 0 Å². The molecule has 0 aliphatic carbocycles. The van der Waals surface area contributed by atoms with Gasteiger partial charge in [0.1, 0.15) is 17.3 Å². The fourth-order valence-electron chi connectivity index (χ4n) is 4.31. The number of piperidine rings is 1. The van der Waals surface area contributed by atoms with Crippen molar-refractivity contribution in [3.63, 3.8) is 0 Å². The number of nitrogens with two attached hydrogens (primary N) is 2. The molecule has 0 saturated carbocycles. The number of anilines is 1. The van der Waals surface area contributed by atoms with Gasteiger partial charge in [-0.15, -0.1) is 5.92 Å². The molecule has 3 heterocycles. The molecular formula is C26H26N8O2. The van der Waals surface area contributed by atoms with Crippen LogP contribution in [0.15, 0.2) is 42.6 Å². The molecule has 4 rings (SSSR count). The number of nitrogen functional groups attached to an aromatic ring is 1. The standard InChI is InChI=1S/C26H26N8O2/c1-2-3-13-33-14-5-4-6-20(33)25-32-22(23(24(28)35)34(25)29)18-7-9-19(10-8-18)26(36)31-21-15-17(16-27)11-12-30-21/h7-12,15,20H,4-6,13-14,29H2,1H3,(H2,28,35)(H,30,31,36). The summed E-state index contributed by atoms with van der Waals surface area (Å²) >= 11 is 0. The molecule has 10 heteroatoms. The largest absolute Gasteiger partial charge is 0.364 e. The Bertz CT molecular complexity index is 1390. The molecular weight excluding hydrogens is 456 g/mol. The van der Waals surface area contributed by atoms with Crippen LogP contribution in [-0.2, 0) is 0 Å². The van der Waals surface area contributed by atoms with Crippen molar-refractivity contribution in [1.82, 2.24) is 19.5 Å². The first-order valence-corrected chi connectivity index (χ1v) is 11.5. The summed E-state index contributed by atoms with van der Waals surface area (Å²) in [5, 5.41) is 11.7. The summed E-state index contributed by atoms with van der Waals surface area (Å²) in [5.41, 5.74) is 7.52. The number of nitrogens with one attached hydrogen (secondary N) is 1. The van der Waals surface area contributed by atoms with Gasteiger partial charge in [0.2, 0.25) is 0 Å². The number of carbonyl (C=O) groups is 2. The van der Waals surface area contributed by atoms with Crippen LogP contribution in [0.2, 0.25) is 0 Å². The van der Waals surface area contributed by atoms with E-state index in [0.29, 0.717) is 34.8 Å². The highest BCUT2D eigenvalue weighted by molar-refractivity contribution is 6.04. The molecule has 2 amide bonds. The van der Waals surface area contributed by atoms with E-state index >= 15 is 0 Å². The van der Waals surface area contributed by atoms with Gasteiger partial charge in [0.05, 0.1) is 24.2 Å². The third-order valence-corrected chi connectivity index (χ3v) is 6.09. The second kappa shape index (κ2) is 10.7. The number of primary amides is 1. The number of pyridine rings is 1. The first-order chi connectivity index (χ1) is 17.4. The van der Waals surface area contributed by atoms with Crippen molar-refractivity contribution < 1.29 is 9.59 Å². The van der Waals surface area contributed by atoms with Gasteiger partial charge in [-0.25, -0.2) is 14.6 Å². The maximum atomic E-state index is 12.7. The number of hydrogen-bond acceptors (Lipinski definition) is 7. The quantitative estimate of drug-likeness (QED) is 0.360. The van der Waals surface area contributed by atoms with Crippen molar-refractivity contribution in [3.8, 4) is 29.2 Å². The first-order valence-electron chi connectivity index (χ1n) is 11.5. The molecule has 2 aromatic heterocycles. The predicted molar refractivity (Wildman–Crippen MR) is 135 cm³/mol. The van der Waals surface area contributed by atoms with Crippen LogP contribution in [0.25, 0.3) is 11.3 Å². The number of benzene rings is 1. The molecule has 0 radical (unpaired) electrons. The summed E-state index contributed by atoms with van der Waals surface area (Å²) in [4.78, 5) is 36.0. The van der Waals surface area contributed by atoms with E-state index in [0.717, 1.165) is 25.8 Å². The van der Waals surface area contributed by atoms with Crippen molar-refractivity contribution in [3.05, 3.63) is 65.2 Å². The molecule has 1 aliphatic heterocycles. The second-order valence-corrected chi connectivity index (χ2v) is 8.38. The number of likely N-dealkylation sites (tertiary alicyclic amines) is 1. The minimum absolute atomic E-state index is 0.0850. The molecule has 0 bridgehead atoms. The first kappa shape index (κ1) is 24.5. The lowest BCUT2D eigenvalue weighted by atomic mass is 10.0. The zero-order valence-corrected chi connectivity index (χ0v) is 19.9. The van der Waals surface area contributed by atoms with Gasteiger partial charge in [-0.2, -0.15) is 5.26 Å². The number of rotatable bonds is 6. The van der Waals surface area contributed by atoms with E-state index in [1.54, 1.807) is 37.3 Å². The average Bonchev–Trinajstić information content (AvgIpc) is 3.24. The van der Waals surface area contributed by atoms with E-state index in [2.05, 4.69) is 27.0 Å². The Morgan fingerprint density at radius 3 is 2.69 bits per heavy atom. The topological polar surface area (TPSA) is 156 Å². The van der Waals surface area contributed by atoms with Gasteiger partial charge < -0.3 is 16.9 Å². The molecule has 1 saturated heterocycles. The monoisotopic (exact) mass is 482 g/mol. The number of imidazole rings is 1. The van der Waals surface area contributed by atoms with Crippen LogP contribution in [0.3, 0.4) is 0 Å². The Hall–Kier alpha value is -4.67. The van der Waals surface area contributed by atoms with Crippen LogP contribution in [-0.4, -0.2) is 44.4 Å². The van der Waals surface area contributed by atoms with Gasteiger partial charge >= 0.3 is 0 Å². The third kappa shape index (κ3) is 5.04. The van der Waals surface area contributed by atoms with Crippen LogP contribution in [0.1, 0.15) is 64.5 Å². The molecule has 36 heavy (non-hydrogen) atoms. The Morgan fingerprint density at radius 1 is 1.22 bits per heavy atom. The molecule has 1 aliphatic rings.